The van der Waals surface area contributed by atoms with E-state index in [0.29, 0.717) is 10.9 Å². The van der Waals surface area contributed by atoms with E-state index in [1.165, 1.54) is 6.07 Å². The van der Waals surface area contributed by atoms with Crippen molar-refractivity contribution in [1.82, 2.24) is 4.98 Å². The third-order valence-corrected chi connectivity index (χ3v) is 1.73. The van der Waals surface area contributed by atoms with E-state index in [4.69, 9.17) is 0 Å². The Labute approximate surface area is 77.3 Å². The zero-order valence-electron chi connectivity index (χ0n) is 6.93. The Hall–Kier alpha value is -1.65. The normalized spacial score (nSPS) is 11.9. The molecule has 0 atom stereocenters. The Morgan fingerprint density at radius 1 is 1.14 bits per heavy atom. The second-order valence-electron chi connectivity index (χ2n) is 2.77. The number of ether oxygens (including phenoxy) is 1. The molecule has 1 N–H and O–H groups in total. The van der Waals surface area contributed by atoms with Gasteiger partial charge in [0.2, 0.25) is 5.88 Å². The molecule has 0 aliphatic carbocycles. The molecule has 0 fully saturated rings. The minimum atomic E-state index is -4.65. The standard InChI is InChI=1S/C9H6F3NO/c10-9(11,12)14-8-5-6-3-1-2-4-7(6)13-8/h1-5,13H. The molecule has 0 aliphatic heterocycles. The summed E-state index contributed by atoms with van der Waals surface area (Å²) in [6.45, 7) is 0. The lowest BCUT2D eigenvalue weighted by molar-refractivity contribution is -0.275. The molecular weight excluding hydrogens is 195 g/mol. The minimum Gasteiger partial charge on any atom is -0.390 e. The Kier molecular flexibility index (Phi) is 1.87. The van der Waals surface area contributed by atoms with Gasteiger partial charge in [-0.05, 0) is 6.07 Å². The van der Waals surface area contributed by atoms with Gasteiger partial charge in [0.25, 0.3) is 0 Å². The van der Waals surface area contributed by atoms with Gasteiger partial charge in [0, 0.05) is 17.0 Å². The Balaban J connectivity index is 2.36. The lowest BCUT2D eigenvalue weighted by atomic mass is 10.3. The molecule has 5 heteroatoms. The fourth-order valence-corrected chi connectivity index (χ4v) is 1.23. The van der Waals surface area contributed by atoms with Crippen molar-refractivity contribution in [1.29, 1.82) is 0 Å². The number of hydrogen-bond acceptors (Lipinski definition) is 1. The summed E-state index contributed by atoms with van der Waals surface area (Å²) in [5, 5.41) is 0.687. The molecule has 0 saturated carbocycles. The zero-order valence-corrected chi connectivity index (χ0v) is 6.93. The molecule has 0 saturated heterocycles. The quantitative estimate of drug-likeness (QED) is 0.753. The van der Waals surface area contributed by atoms with E-state index in [-0.39, 0.29) is 5.88 Å². The van der Waals surface area contributed by atoms with Gasteiger partial charge in [0.05, 0.1) is 0 Å². The summed E-state index contributed by atoms with van der Waals surface area (Å²) in [4.78, 5) is 2.51. The number of aromatic amines is 1. The predicted octanol–water partition coefficient (Wildman–Crippen LogP) is 3.07. The van der Waals surface area contributed by atoms with Crippen LogP contribution < -0.4 is 4.74 Å². The highest BCUT2D eigenvalue weighted by Gasteiger charge is 2.31. The topological polar surface area (TPSA) is 25.0 Å². The van der Waals surface area contributed by atoms with Gasteiger partial charge in [0.1, 0.15) is 0 Å². The van der Waals surface area contributed by atoms with E-state index in [1.54, 1.807) is 24.3 Å². The van der Waals surface area contributed by atoms with Gasteiger partial charge in [-0.15, -0.1) is 13.2 Å². The summed E-state index contributed by atoms with van der Waals surface area (Å²) < 4.78 is 39.2. The van der Waals surface area contributed by atoms with Crippen LogP contribution >= 0.6 is 0 Å². The van der Waals surface area contributed by atoms with Crippen molar-refractivity contribution in [3.8, 4) is 5.88 Å². The van der Waals surface area contributed by atoms with Gasteiger partial charge < -0.3 is 9.72 Å². The third-order valence-electron chi connectivity index (χ3n) is 1.73. The Bertz CT molecular complexity index is 413. The molecule has 0 spiro atoms. The maximum absolute atomic E-state index is 11.8. The van der Waals surface area contributed by atoms with Crippen molar-refractivity contribution < 1.29 is 17.9 Å². The molecular formula is C9H6F3NO. The minimum absolute atomic E-state index is 0.293. The fourth-order valence-electron chi connectivity index (χ4n) is 1.23. The number of halogens is 3. The molecule has 1 aromatic carbocycles. The van der Waals surface area contributed by atoms with Gasteiger partial charge in [-0.25, -0.2) is 0 Å². The number of para-hydroxylation sites is 1. The SMILES string of the molecule is FC(F)(F)Oc1cc2ccccc2[nH]1. The van der Waals surface area contributed by atoms with Crippen LogP contribution in [0.25, 0.3) is 10.9 Å². The maximum Gasteiger partial charge on any atom is 0.574 e. The first kappa shape index (κ1) is 8.93. The Morgan fingerprint density at radius 3 is 2.50 bits per heavy atom. The van der Waals surface area contributed by atoms with Crippen LogP contribution in [-0.2, 0) is 0 Å². The molecule has 2 rings (SSSR count). The van der Waals surface area contributed by atoms with Gasteiger partial charge in [-0.3, -0.25) is 0 Å². The fraction of sp³-hybridized carbons (Fsp3) is 0.111. The van der Waals surface area contributed by atoms with Gasteiger partial charge >= 0.3 is 6.36 Å². The number of alkyl halides is 3. The maximum atomic E-state index is 11.8. The van der Waals surface area contributed by atoms with Crippen molar-refractivity contribution >= 4 is 10.9 Å². The van der Waals surface area contributed by atoms with Crippen molar-refractivity contribution in [2.24, 2.45) is 0 Å². The molecule has 14 heavy (non-hydrogen) atoms. The molecule has 0 amide bonds. The molecule has 0 aliphatic rings. The van der Waals surface area contributed by atoms with E-state index < -0.39 is 6.36 Å². The monoisotopic (exact) mass is 201 g/mol. The van der Waals surface area contributed by atoms with Crippen molar-refractivity contribution in [2.45, 2.75) is 6.36 Å². The Morgan fingerprint density at radius 2 is 1.86 bits per heavy atom. The van der Waals surface area contributed by atoms with Crippen LogP contribution in [0.15, 0.2) is 30.3 Å². The van der Waals surface area contributed by atoms with Crippen molar-refractivity contribution in [3.63, 3.8) is 0 Å². The van der Waals surface area contributed by atoms with E-state index in [9.17, 15) is 13.2 Å². The highest BCUT2D eigenvalue weighted by Crippen LogP contribution is 2.25. The van der Waals surface area contributed by atoms with Crippen molar-refractivity contribution in [2.75, 3.05) is 0 Å². The third kappa shape index (κ3) is 1.81. The van der Waals surface area contributed by atoms with Crippen LogP contribution in [0.2, 0.25) is 0 Å². The summed E-state index contributed by atoms with van der Waals surface area (Å²) in [6, 6.07) is 8.17. The molecule has 0 unspecified atom stereocenters. The molecule has 2 nitrogen and oxygen atoms in total. The number of fused-ring (bicyclic) bond motifs is 1. The summed E-state index contributed by atoms with van der Waals surface area (Å²) in [5.41, 5.74) is 0.617. The van der Waals surface area contributed by atoms with Crippen LogP contribution in [0, 0.1) is 0 Å². The predicted molar refractivity (Wildman–Crippen MR) is 45.0 cm³/mol. The molecule has 1 aromatic heterocycles. The van der Waals surface area contributed by atoms with E-state index in [1.807, 2.05) is 0 Å². The number of rotatable bonds is 1. The zero-order chi connectivity index (χ0) is 10.2. The summed E-state index contributed by atoms with van der Waals surface area (Å²) >= 11 is 0. The smallest absolute Gasteiger partial charge is 0.390 e. The highest BCUT2D eigenvalue weighted by molar-refractivity contribution is 5.81. The van der Waals surface area contributed by atoms with Crippen LogP contribution in [0.3, 0.4) is 0 Å². The molecule has 0 bridgehead atoms. The van der Waals surface area contributed by atoms with E-state index in [2.05, 4.69) is 9.72 Å². The first-order valence-electron chi connectivity index (χ1n) is 3.88. The van der Waals surface area contributed by atoms with Crippen LogP contribution in [-0.4, -0.2) is 11.3 Å². The average molecular weight is 201 g/mol. The molecule has 74 valence electrons. The summed E-state index contributed by atoms with van der Waals surface area (Å²) in [5.74, 6) is -0.293. The number of nitrogens with one attached hydrogen (secondary N) is 1. The van der Waals surface area contributed by atoms with Gasteiger partial charge in [-0.2, -0.15) is 0 Å². The van der Waals surface area contributed by atoms with Crippen LogP contribution in [0.4, 0.5) is 13.2 Å². The number of aromatic nitrogens is 1. The first-order chi connectivity index (χ1) is 6.54. The molecule has 2 aromatic rings. The van der Waals surface area contributed by atoms with Gasteiger partial charge in [-0.1, -0.05) is 18.2 Å². The molecule has 1 heterocycles. The summed E-state index contributed by atoms with van der Waals surface area (Å²) in [7, 11) is 0. The van der Waals surface area contributed by atoms with Gasteiger partial charge in [0.15, 0.2) is 0 Å². The van der Waals surface area contributed by atoms with Crippen molar-refractivity contribution in [3.05, 3.63) is 30.3 Å². The second kappa shape index (κ2) is 2.94. The number of benzene rings is 1. The van der Waals surface area contributed by atoms with E-state index in [0.717, 1.165) is 0 Å². The largest absolute Gasteiger partial charge is 0.574 e. The second-order valence-corrected chi connectivity index (χ2v) is 2.77. The van der Waals surface area contributed by atoms with Crippen LogP contribution in [0.5, 0.6) is 5.88 Å². The highest BCUT2D eigenvalue weighted by atomic mass is 19.4. The number of H-pyrrole nitrogens is 1. The van der Waals surface area contributed by atoms with Crippen LogP contribution in [0.1, 0.15) is 0 Å². The first-order valence-corrected chi connectivity index (χ1v) is 3.88. The number of hydrogen-bond donors (Lipinski definition) is 1. The molecule has 0 radical (unpaired) electrons. The lowest BCUT2D eigenvalue weighted by Crippen LogP contribution is -2.17. The summed E-state index contributed by atoms with van der Waals surface area (Å²) in [6.07, 6.45) is -4.65. The lowest BCUT2D eigenvalue weighted by Gasteiger charge is -2.05. The average Bonchev–Trinajstić information content (AvgIpc) is 2.42. The van der Waals surface area contributed by atoms with E-state index >= 15 is 0 Å².